The molecule has 0 radical (unpaired) electrons. The van der Waals surface area contributed by atoms with Crippen molar-refractivity contribution in [2.24, 2.45) is 0 Å². The first-order valence-corrected chi connectivity index (χ1v) is 13.2. The van der Waals surface area contributed by atoms with E-state index in [1.807, 2.05) is 18.2 Å². The highest BCUT2D eigenvalue weighted by molar-refractivity contribution is 6.07. The van der Waals surface area contributed by atoms with Gasteiger partial charge in [-0.1, -0.05) is 24.6 Å². The number of piperidine rings is 1. The van der Waals surface area contributed by atoms with Crippen LogP contribution in [-0.2, 0) is 22.7 Å². The number of carbonyl (C=O) groups excluding carboxylic acids is 4. The zero-order valence-corrected chi connectivity index (χ0v) is 21.0. The second kappa shape index (κ2) is 11.3. The minimum atomic E-state index is -0.552. The number of fused-ring (bicyclic) bond motifs is 1. The van der Waals surface area contributed by atoms with E-state index in [1.165, 1.54) is 19.3 Å². The van der Waals surface area contributed by atoms with Crippen LogP contribution in [0.15, 0.2) is 42.5 Å². The fourth-order valence-electron chi connectivity index (χ4n) is 5.43. The SMILES string of the molecule is O=C1CCC(N2Cc3c(OCc4ccc(C(=O)NCCN5CCCCC5)cc4)cccc3C2=O)C(=O)C1. The lowest BCUT2D eigenvalue weighted by atomic mass is 9.92. The number of hydrogen-bond donors (Lipinski definition) is 1. The predicted octanol–water partition coefficient (Wildman–Crippen LogP) is 3.13. The zero-order valence-electron chi connectivity index (χ0n) is 21.0. The Kier molecular flexibility index (Phi) is 7.65. The average molecular weight is 504 g/mol. The van der Waals surface area contributed by atoms with Crippen molar-refractivity contribution in [1.29, 1.82) is 0 Å². The van der Waals surface area contributed by atoms with Crippen molar-refractivity contribution in [3.8, 4) is 5.75 Å². The highest BCUT2D eigenvalue weighted by Gasteiger charge is 2.40. The number of amides is 2. The number of carbonyl (C=O) groups is 4. The maximum Gasteiger partial charge on any atom is 0.255 e. The van der Waals surface area contributed by atoms with Crippen LogP contribution in [-0.4, -0.2) is 65.4 Å². The van der Waals surface area contributed by atoms with E-state index in [0.29, 0.717) is 49.4 Å². The molecule has 8 heteroatoms. The van der Waals surface area contributed by atoms with Crippen molar-refractivity contribution in [2.75, 3.05) is 26.2 Å². The van der Waals surface area contributed by atoms with Crippen molar-refractivity contribution >= 4 is 23.4 Å². The molecule has 2 aromatic carbocycles. The molecule has 1 N–H and O–H groups in total. The van der Waals surface area contributed by atoms with Gasteiger partial charge in [-0.05, 0) is 62.2 Å². The second-order valence-corrected chi connectivity index (χ2v) is 10.1. The summed E-state index contributed by atoms with van der Waals surface area (Å²) in [6.07, 6.45) is 4.38. The predicted molar refractivity (Wildman–Crippen MR) is 137 cm³/mol. The number of nitrogens with one attached hydrogen (secondary N) is 1. The minimum Gasteiger partial charge on any atom is -0.489 e. The van der Waals surface area contributed by atoms with Crippen LogP contribution in [0.1, 0.15) is 70.4 Å². The molecule has 1 unspecified atom stereocenters. The summed E-state index contributed by atoms with van der Waals surface area (Å²) in [4.78, 5) is 53.5. The molecule has 1 atom stereocenters. The Morgan fingerprint density at radius 2 is 1.78 bits per heavy atom. The van der Waals surface area contributed by atoms with Gasteiger partial charge in [-0.25, -0.2) is 0 Å². The molecule has 2 aromatic rings. The van der Waals surface area contributed by atoms with Crippen molar-refractivity contribution in [2.45, 2.75) is 57.7 Å². The van der Waals surface area contributed by atoms with Crippen molar-refractivity contribution in [3.63, 3.8) is 0 Å². The standard InChI is InChI=1S/C29H33N3O5/c33-22-11-12-25(26(34)17-22)32-18-24-23(29(32)36)5-4-6-27(24)37-19-20-7-9-21(10-8-20)28(35)30-13-16-31-14-2-1-3-15-31/h4-10,25H,1-3,11-19H2,(H,30,35). The van der Waals surface area contributed by atoms with E-state index in [9.17, 15) is 19.2 Å². The van der Waals surface area contributed by atoms with Crippen LogP contribution in [0.5, 0.6) is 5.75 Å². The highest BCUT2D eigenvalue weighted by atomic mass is 16.5. The first-order valence-electron chi connectivity index (χ1n) is 13.2. The molecular formula is C29H33N3O5. The average Bonchev–Trinajstić information content (AvgIpc) is 3.25. The molecule has 2 fully saturated rings. The van der Waals surface area contributed by atoms with Crippen LogP contribution in [0, 0.1) is 0 Å². The molecule has 0 spiro atoms. The molecule has 1 saturated heterocycles. The van der Waals surface area contributed by atoms with Crippen LogP contribution >= 0.6 is 0 Å². The van der Waals surface area contributed by atoms with Gasteiger partial charge in [0.15, 0.2) is 5.78 Å². The van der Waals surface area contributed by atoms with Crippen molar-refractivity contribution in [1.82, 2.24) is 15.1 Å². The molecule has 194 valence electrons. The summed E-state index contributed by atoms with van der Waals surface area (Å²) in [5.74, 6) is 0.0878. The Balaban J connectivity index is 1.16. The minimum absolute atomic E-state index is 0.0598. The number of Topliss-reactive ketones (excluding diaryl/α,β-unsaturated/α-hetero) is 2. The van der Waals surface area contributed by atoms with Gasteiger partial charge in [0.1, 0.15) is 18.1 Å². The highest BCUT2D eigenvalue weighted by Crippen LogP contribution is 2.34. The fraction of sp³-hybridized carbons (Fsp3) is 0.448. The van der Waals surface area contributed by atoms with E-state index < -0.39 is 6.04 Å². The van der Waals surface area contributed by atoms with Crippen LogP contribution in [0.3, 0.4) is 0 Å². The molecule has 1 saturated carbocycles. The fourth-order valence-corrected chi connectivity index (χ4v) is 5.43. The molecule has 37 heavy (non-hydrogen) atoms. The molecule has 2 heterocycles. The molecule has 2 amide bonds. The summed E-state index contributed by atoms with van der Waals surface area (Å²) in [5.41, 5.74) is 2.82. The molecule has 1 aliphatic carbocycles. The summed E-state index contributed by atoms with van der Waals surface area (Å²) >= 11 is 0. The molecular weight excluding hydrogens is 470 g/mol. The molecule has 2 aliphatic heterocycles. The maximum absolute atomic E-state index is 13.0. The lowest BCUT2D eigenvalue weighted by molar-refractivity contribution is -0.133. The van der Waals surface area contributed by atoms with Crippen molar-refractivity contribution < 1.29 is 23.9 Å². The Morgan fingerprint density at radius 3 is 2.54 bits per heavy atom. The van der Waals surface area contributed by atoms with Gasteiger partial charge in [-0.15, -0.1) is 0 Å². The van der Waals surface area contributed by atoms with E-state index in [-0.39, 0.29) is 29.8 Å². The van der Waals surface area contributed by atoms with Gasteiger partial charge in [0, 0.05) is 36.2 Å². The summed E-state index contributed by atoms with van der Waals surface area (Å²) in [7, 11) is 0. The summed E-state index contributed by atoms with van der Waals surface area (Å²) < 4.78 is 6.07. The van der Waals surface area contributed by atoms with Crippen molar-refractivity contribution in [3.05, 3.63) is 64.7 Å². The van der Waals surface area contributed by atoms with Gasteiger partial charge in [-0.2, -0.15) is 0 Å². The normalized spacial score (nSPS) is 20.2. The molecule has 8 nitrogen and oxygen atoms in total. The number of likely N-dealkylation sites (tertiary alicyclic amines) is 1. The lowest BCUT2D eigenvalue weighted by Crippen LogP contribution is -2.44. The van der Waals surface area contributed by atoms with Gasteiger partial charge in [-0.3, -0.25) is 19.2 Å². The smallest absolute Gasteiger partial charge is 0.255 e. The van der Waals surface area contributed by atoms with Crippen LogP contribution in [0.25, 0.3) is 0 Å². The molecule has 0 aromatic heterocycles. The first kappa shape index (κ1) is 25.1. The Bertz CT molecular complexity index is 1190. The van der Waals surface area contributed by atoms with E-state index >= 15 is 0 Å². The third-order valence-electron chi connectivity index (χ3n) is 7.54. The largest absolute Gasteiger partial charge is 0.489 e. The van der Waals surface area contributed by atoms with Gasteiger partial charge in [0.25, 0.3) is 11.8 Å². The first-order chi connectivity index (χ1) is 18.0. The quantitative estimate of drug-likeness (QED) is 0.556. The maximum atomic E-state index is 13.0. The number of benzene rings is 2. The molecule has 3 aliphatic rings. The third-order valence-corrected chi connectivity index (χ3v) is 7.54. The van der Waals surface area contributed by atoms with Gasteiger partial charge in [0.05, 0.1) is 19.0 Å². The van der Waals surface area contributed by atoms with Crippen LogP contribution in [0.4, 0.5) is 0 Å². The van der Waals surface area contributed by atoms with E-state index in [1.54, 1.807) is 29.2 Å². The molecule has 5 rings (SSSR count). The lowest BCUT2D eigenvalue weighted by Gasteiger charge is -2.29. The van der Waals surface area contributed by atoms with E-state index in [0.717, 1.165) is 30.8 Å². The summed E-state index contributed by atoms with van der Waals surface area (Å²) in [6, 6.07) is 12.1. The van der Waals surface area contributed by atoms with Crippen LogP contribution in [0.2, 0.25) is 0 Å². The number of ether oxygens (including phenoxy) is 1. The Hall–Kier alpha value is -3.52. The zero-order chi connectivity index (χ0) is 25.8. The van der Waals surface area contributed by atoms with Gasteiger partial charge in [0.2, 0.25) is 0 Å². The number of nitrogens with zero attached hydrogens (tertiary/aromatic N) is 2. The summed E-state index contributed by atoms with van der Waals surface area (Å²) in [5, 5.41) is 3.00. The Morgan fingerprint density at radius 1 is 1.00 bits per heavy atom. The number of ketones is 2. The number of rotatable bonds is 8. The third kappa shape index (κ3) is 5.74. The summed E-state index contributed by atoms with van der Waals surface area (Å²) in [6.45, 7) is 4.33. The van der Waals surface area contributed by atoms with E-state index in [2.05, 4.69) is 10.2 Å². The Labute approximate surface area is 217 Å². The number of hydrogen-bond acceptors (Lipinski definition) is 6. The van der Waals surface area contributed by atoms with Crippen LogP contribution < -0.4 is 10.1 Å². The second-order valence-electron chi connectivity index (χ2n) is 10.1. The monoisotopic (exact) mass is 503 g/mol. The van der Waals surface area contributed by atoms with Gasteiger partial charge < -0.3 is 19.9 Å². The van der Waals surface area contributed by atoms with E-state index in [4.69, 9.17) is 4.74 Å². The topological polar surface area (TPSA) is 96.0 Å². The molecule has 0 bridgehead atoms. The van der Waals surface area contributed by atoms with Gasteiger partial charge >= 0.3 is 0 Å².